The number of hydrogen-bond acceptors (Lipinski definition) is 4. The Morgan fingerprint density at radius 1 is 1.47 bits per heavy atom. The van der Waals surface area contributed by atoms with Crippen molar-refractivity contribution in [2.24, 2.45) is 5.41 Å². The van der Waals surface area contributed by atoms with Crippen LogP contribution in [0.1, 0.15) is 19.3 Å². The minimum absolute atomic E-state index is 0.0249. The topological polar surface area (TPSA) is 66.4 Å². The van der Waals surface area contributed by atoms with Gasteiger partial charge in [0.2, 0.25) is 10.0 Å². The van der Waals surface area contributed by atoms with Gasteiger partial charge in [0.1, 0.15) is 4.21 Å². The fourth-order valence-electron chi connectivity index (χ4n) is 1.69. The van der Waals surface area contributed by atoms with E-state index in [1.54, 1.807) is 6.07 Å². The van der Waals surface area contributed by atoms with Gasteiger partial charge in [-0.05, 0) is 36.8 Å². The summed E-state index contributed by atoms with van der Waals surface area (Å²) in [5, 5.41) is 8.90. The van der Waals surface area contributed by atoms with E-state index in [0.717, 1.165) is 24.2 Å². The van der Waals surface area contributed by atoms with Crippen LogP contribution in [0.4, 0.5) is 0 Å². The molecular formula is C10H14ClNO3S2. The molecule has 1 saturated carbocycles. The molecule has 96 valence electrons. The first kappa shape index (κ1) is 13.3. The van der Waals surface area contributed by atoms with Crippen molar-refractivity contribution in [1.82, 2.24) is 4.72 Å². The molecule has 4 nitrogen and oxygen atoms in total. The summed E-state index contributed by atoms with van der Waals surface area (Å²) in [4.78, 5) is 0. The Kier molecular flexibility index (Phi) is 3.80. The Morgan fingerprint density at radius 3 is 2.65 bits per heavy atom. The number of sulfonamides is 1. The summed E-state index contributed by atoms with van der Waals surface area (Å²) in [6.07, 6.45) is 2.60. The quantitative estimate of drug-likeness (QED) is 0.841. The van der Waals surface area contributed by atoms with Crippen LogP contribution in [0.25, 0.3) is 0 Å². The average Bonchev–Trinajstić information content (AvgIpc) is 2.89. The van der Waals surface area contributed by atoms with Crippen molar-refractivity contribution in [2.45, 2.75) is 23.5 Å². The summed E-state index contributed by atoms with van der Waals surface area (Å²) < 4.78 is 27.1. The van der Waals surface area contributed by atoms with Crippen LogP contribution in [0.15, 0.2) is 16.3 Å². The summed E-state index contributed by atoms with van der Waals surface area (Å²) in [6, 6.07) is 3.07. The van der Waals surface area contributed by atoms with Crippen LogP contribution in [-0.2, 0) is 10.0 Å². The summed E-state index contributed by atoms with van der Waals surface area (Å²) >= 11 is 6.76. The van der Waals surface area contributed by atoms with Crippen LogP contribution in [0.3, 0.4) is 0 Å². The van der Waals surface area contributed by atoms with Gasteiger partial charge in [0.05, 0.1) is 4.34 Å². The molecule has 1 fully saturated rings. The number of hydrogen-bond donors (Lipinski definition) is 2. The van der Waals surface area contributed by atoms with Gasteiger partial charge >= 0.3 is 0 Å². The minimum atomic E-state index is -3.45. The second-order valence-electron chi connectivity index (χ2n) is 4.36. The number of nitrogens with one attached hydrogen (secondary N) is 1. The van der Waals surface area contributed by atoms with Crippen molar-refractivity contribution in [3.63, 3.8) is 0 Å². The second kappa shape index (κ2) is 4.85. The Hall–Kier alpha value is -0.140. The maximum absolute atomic E-state index is 11.9. The first-order chi connectivity index (χ1) is 7.97. The van der Waals surface area contributed by atoms with Crippen molar-refractivity contribution < 1.29 is 13.5 Å². The van der Waals surface area contributed by atoms with Crippen LogP contribution in [0, 0.1) is 5.41 Å². The smallest absolute Gasteiger partial charge is 0.250 e. The van der Waals surface area contributed by atoms with E-state index in [-0.39, 0.29) is 16.2 Å². The van der Waals surface area contributed by atoms with Crippen LogP contribution >= 0.6 is 22.9 Å². The van der Waals surface area contributed by atoms with Crippen molar-refractivity contribution in [3.05, 3.63) is 16.5 Å². The molecule has 0 radical (unpaired) electrons. The van der Waals surface area contributed by atoms with Gasteiger partial charge in [0, 0.05) is 13.2 Å². The fourth-order valence-corrected chi connectivity index (χ4v) is 4.38. The SMILES string of the molecule is O=S(=O)(NCC1(CCO)CC1)c1ccc(Cl)s1. The van der Waals surface area contributed by atoms with Crippen molar-refractivity contribution >= 4 is 33.0 Å². The van der Waals surface area contributed by atoms with Crippen molar-refractivity contribution in [2.75, 3.05) is 13.2 Å². The zero-order chi connectivity index (χ0) is 12.5. The summed E-state index contributed by atoms with van der Waals surface area (Å²) in [6.45, 7) is 0.498. The lowest BCUT2D eigenvalue weighted by molar-refractivity contribution is 0.249. The summed E-state index contributed by atoms with van der Waals surface area (Å²) in [7, 11) is -3.45. The monoisotopic (exact) mass is 295 g/mol. The third kappa shape index (κ3) is 3.20. The van der Waals surface area contributed by atoms with Gasteiger partial charge in [-0.3, -0.25) is 0 Å². The summed E-state index contributed by atoms with van der Waals surface area (Å²) in [5.74, 6) is 0. The zero-order valence-corrected chi connectivity index (χ0v) is 11.5. The average molecular weight is 296 g/mol. The predicted molar refractivity (Wildman–Crippen MR) is 67.9 cm³/mol. The van der Waals surface area contributed by atoms with E-state index in [0.29, 0.717) is 17.3 Å². The Balaban J connectivity index is 1.99. The molecule has 0 unspecified atom stereocenters. The Morgan fingerprint density at radius 2 is 2.18 bits per heavy atom. The molecule has 0 atom stereocenters. The van der Waals surface area contributed by atoms with E-state index in [9.17, 15) is 8.42 Å². The van der Waals surface area contributed by atoms with Crippen LogP contribution < -0.4 is 4.72 Å². The molecule has 1 aliphatic rings. The molecule has 2 rings (SSSR count). The van der Waals surface area contributed by atoms with Gasteiger partial charge in [-0.2, -0.15) is 0 Å². The van der Waals surface area contributed by atoms with Gasteiger partial charge in [-0.1, -0.05) is 11.6 Å². The third-order valence-corrected chi connectivity index (χ3v) is 6.17. The standard InChI is InChI=1S/C10H14ClNO3S2/c11-8-1-2-9(16-8)17(14,15)12-7-10(3-4-10)5-6-13/h1-2,12-13H,3-7H2. The van der Waals surface area contributed by atoms with E-state index in [1.807, 2.05) is 0 Å². The minimum Gasteiger partial charge on any atom is -0.396 e. The molecule has 2 N–H and O–H groups in total. The van der Waals surface area contributed by atoms with Gasteiger partial charge in [-0.25, -0.2) is 13.1 Å². The van der Waals surface area contributed by atoms with E-state index in [4.69, 9.17) is 16.7 Å². The molecule has 0 aliphatic heterocycles. The third-order valence-electron chi connectivity index (χ3n) is 3.05. The molecule has 1 aromatic rings. The van der Waals surface area contributed by atoms with Crippen LogP contribution in [0.5, 0.6) is 0 Å². The molecule has 1 aliphatic carbocycles. The molecule has 1 aromatic heterocycles. The van der Waals surface area contributed by atoms with Gasteiger partial charge in [0.15, 0.2) is 0 Å². The Labute approximate surface area is 110 Å². The molecule has 0 saturated heterocycles. The summed E-state index contributed by atoms with van der Waals surface area (Å²) in [5.41, 5.74) is -0.0249. The van der Waals surface area contributed by atoms with Gasteiger partial charge in [-0.15, -0.1) is 11.3 Å². The van der Waals surface area contributed by atoms with E-state index in [2.05, 4.69) is 4.72 Å². The molecule has 17 heavy (non-hydrogen) atoms. The lowest BCUT2D eigenvalue weighted by Gasteiger charge is -2.13. The molecule has 0 amide bonds. The number of halogens is 1. The maximum atomic E-state index is 11.9. The maximum Gasteiger partial charge on any atom is 0.250 e. The van der Waals surface area contributed by atoms with Crippen molar-refractivity contribution in [3.8, 4) is 0 Å². The fraction of sp³-hybridized carbons (Fsp3) is 0.600. The molecule has 0 spiro atoms. The van der Waals surface area contributed by atoms with E-state index >= 15 is 0 Å². The first-order valence-electron chi connectivity index (χ1n) is 5.33. The molecular weight excluding hydrogens is 282 g/mol. The normalized spacial score (nSPS) is 18.2. The number of rotatable bonds is 6. The highest BCUT2D eigenvalue weighted by Crippen LogP contribution is 2.48. The molecule has 7 heteroatoms. The second-order valence-corrected chi connectivity index (χ2v) is 8.07. The number of aliphatic hydroxyl groups is 1. The number of thiophene rings is 1. The van der Waals surface area contributed by atoms with Gasteiger partial charge in [0.25, 0.3) is 0 Å². The highest BCUT2D eigenvalue weighted by Gasteiger charge is 2.42. The van der Waals surface area contributed by atoms with Crippen LogP contribution in [0.2, 0.25) is 4.34 Å². The van der Waals surface area contributed by atoms with E-state index < -0.39 is 10.0 Å². The molecule has 1 heterocycles. The lowest BCUT2D eigenvalue weighted by Crippen LogP contribution is -2.30. The zero-order valence-electron chi connectivity index (χ0n) is 9.15. The Bertz CT molecular complexity index is 493. The molecule has 0 bridgehead atoms. The highest BCUT2D eigenvalue weighted by atomic mass is 35.5. The lowest BCUT2D eigenvalue weighted by atomic mass is 10.0. The van der Waals surface area contributed by atoms with E-state index in [1.165, 1.54) is 6.07 Å². The molecule has 0 aromatic carbocycles. The van der Waals surface area contributed by atoms with Gasteiger partial charge < -0.3 is 5.11 Å². The first-order valence-corrected chi connectivity index (χ1v) is 8.01. The van der Waals surface area contributed by atoms with Crippen LogP contribution in [-0.4, -0.2) is 26.7 Å². The highest BCUT2D eigenvalue weighted by molar-refractivity contribution is 7.91. The van der Waals surface area contributed by atoms with Crippen molar-refractivity contribution in [1.29, 1.82) is 0 Å². The predicted octanol–water partition coefficient (Wildman–Crippen LogP) is 1.84. The largest absolute Gasteiger partial charge is 0.396 e. The number of aliphatic hydroxyl groups excluding tert-OH is 1.